The largest absolute Gasteiger partial charge is 0.336 e. The fraction of sp³-hybridized carbons (Fsp3) is 0.385. The number of carbonyl (C=O) groups excluding carboxylic acids is 2. The van der Waals surface area contributed by atoms with Crippen molar-refractivity contribution in [2.24, 2.45) is 0 Å². The standard InChI is InChI=1S/C13H16N2O2S/c1-9-3-4-11(10(2)7-9)18-8-12(16)15-6-5-14-13(15)17/h3-4,7H,5-6,8H2,1-2H3,(H,14,17). The maximum atomic E-state index is 11.9. The van der Waals surface area contributed by atoms with Crippen LogP contribution in [0.3, 0.4) is 0 Å². The van der Waals surface area contributed by atoms with Crippen LogP contribution in [0.15, 0.2) is 23.1 Å². The SMILES string of the molecule is Cc1ccc(SCC(=O)N2CCNC2=O)c(C)c1. The van der Waals surface area contributed by atoms with Crippen LogP contribution in [0, 0.1) is 13.8 Å². The molecule has 0 atom stereocenters. The normalized spacial score (nSPS) is 14.8. The minimum atomic E-state index is -0.277. The zero-order valence-corrected chi connectivity index (χ0v) is 11.3. The topological polar surface area (TPSA) is 49.4 Å². The molecule has 1 saturated heterocycles. The zero-order valence-electron chi connectivity index (χ0n) is 10.5. The van der Waals surface area contributed by atoms with Gasteiger partial charge in [0.25, 0.3) is 0 Å². The number of hydrogen-bond donors (Lipinski definition) is 1. The van der Waals surface area contributed by atoms with Gasteiger partial charge in [-0.15, -0.1) is 11.8 Å². The third-order valence-electron chi connectivity index (χ3n) is 2.84. The number of benzene rings is 1. The van der Waals surface area contributed by atoms with E-state index in [1.165, 1.54) is 27.8 Å². The van der Waals surface area contributed by atoms with Gasteiger partial charge < -0.3 is 5.32 Å². The molecule has 1 aromatic carbocycles. The van der Waals surface area contributed by atoms with Crippen molar-refractivity contribution in [1.29, 1.82) is 0 Å². The van der Waals surface area contributed by atoms with Crippen LogP contribution in [0.1, 0.15) is 11.1 Å². The number of urea groups is 1. The monoisotopic (exact) mass is 264 g/mol. The summed E-state index contributed by atoms with van der Waals surface area (Å²) >= 11 is 1.48. The summed E-state index contributed by atoms with van der Waals surface area (Å²) in [7, 11) is 0. The Labute approximate surface area is 111 Å². The van der Waals surface area contributed by atoms with Crippen molar-refractivity contribution in [1.82, 2.24) is 10.2 Å². The van der Waals surface area contributed by atoms with Gasteiger partial charge in [0.05, 0.1) is 5.75 Å². The Hall–Kier alpha value is -1.49. The number of amides is 3. The highest BCUT2D eigenvalue weighted by atomic mass is 32.2. The molecule has 0 aliphatic carbocycles. The van der Waals surface area contributed by atoms with Gasteiger partial charge in [-0.25, -0.2) is 4.79 Å². The lowest BCUT2D eigenvalue weighted by Crippen LogP contribution is -2.35. The fourth-order valence-electron chi connectivity index (χ4n) is 1.89. The van der Waals surface area contributed by atoms with Crippen LogP contribution in [0.2, 0.25) is 0 Å². The Kier molecular flexibility index (Phi) is 3.91. The second-order valence-corrected chi connectivity index (χ2v) is 5.35. The molecule has 1 fully saturated rings. The first-order valence-electron chi connectivity index (χ1n) is 5.86. The molecule has 0 bridgehead atoms. The number of carbonyl (C=O) groups is 2. The van der Waals surface area contributed by atoms with Gasteiger partial charge >= 0.3 is 6.03 Å². The molecule has 0 radical (unpaired) electrons. The van der Waals surface area contributed by atoms with Crippen LogP contribution in [0.4, 0.5) is 4.79 Å². The molecular weight excluding hydrogens is 248 g/mol. The third kappa shape index (κ3) is 2.85. The predicted octanol–water partition coefficient (Wildman–Crippen LogP) is 1.95. The van der Waals surface area contributed by atoms with E-state index in [9.17, 15) is 9.59 Å². The highest BCUT2D eigenvalue weighted by Gasteiger charge is 2.25. The molecule has 3 amide bonds. The van der Waals surface area contributed by atoms with Crippen molar-refractivity contribution < 1.29 is 9.59 Å². The Morgan fingerprint density at radius 2 is 2.22 bits per heavy atom. The first kappa shape index (κ1) is 13.0. The summed E-state index contributed by atoms with van der Waals surface area (Å²) in [6.45, 7) is 5.10. The molecule has 1 heterocycles. The van der Waals surface area contributed by atoms with Crippen molar-refractivity contribution in [3.05, 3.63) is 29.3 Å². The van der Waals surface area contributed by atoms with Crippen molar-refractivity contribution in [3.8, 4) is 0 Å². The number of thioether (sulfide) groups is 1. The van der Waals surface area contributed by atoms with Crippen LogP contribution < -0.4 is 5.32 Å². The molecule has 4 nitrogen and oxygen atoms in total. The molecule has 2 rings (SSSR count). The van der Waals surface area contributed by atoms with E-state index in [0.717, 1.165) is 4.90 Å². The highest BCUT2D eigenvalue weighted by Crippen LogP contribution is 2.23. The van der Waals surface area contributed by atoms with Crippen LogP contribution in [-0.2, 0) is 4.79 Å². The van der Waals surface area contributed by atoms with Crippen LogP contribution in [0.5, 0.6) is 0 Å². The van der Waals surface area contributed by atoms with Crippen LogP contribution in [-0.4, -0.2) is 35.7 Å². The van der Waals surface area contributed by atoms with E-state index in [-0.39, 0.29) is 11.9 Å². The van der Waals surface area contributed by atoms with Gasteiger partial charge in [-0.05, 0) is 25.5 Å². The Balaban J connectivity index is 1.95. The number of nitrogens with one attached hydrogen (secondary N) is 1. The molecule has 0 unspecified atom stereocenters. The minimum absolute atomic E-state index is 0.130. The fourth-order valence-corrected chi connectivity index (χ4v) is 2.77. The molecule has 0 spiro atoms. The summed E-state index contributed by atoms with van der Waals surface area (Å²) in [4.78, 5) is 25.5. The number of imide groups is 1. The number of rotatable bonds is 3. The lowest BCUT2D eigenvalue weighted by atomic mass is 10.2. The molecule has 1 aliphatic heterocycles. The smallest absolute Gasteiger partial charge is 0.324 e. The Morgan fingerprint density at radius 1 is 1.44 bits per heavy atom. The molecule has 18 heavy (non-hydrogen) atoms. The van der Waals surface area contributed by atoms with E-state index >= 15 is 0 Å². The predicted molar refractivity (Wildman–Crippen MR) is 71.8 cm³/mol. The summed E-state index contributed by atoms with van der Waals surface area (Å²) < 4.78 is 0. The summed E-state index contributed by atoms with van der Waals surface area (Å²) in [5.41, 5.74) is 2.38. The van der Waals surface area contributed by atoms with Gasteiger partial charge in [-0.2, -0.15) is 0 Å². The van der Waals surface area contributed by atoms with E-state index < -0.39 is 0 Å². The summed E-state index contributed by atoms with van der Waals surface area (Å²) in [5.74, 6) is 0.173. The lowest BCUT2D eigenvalue weighted by Gasteiger charge is -2.12. The summed E-state index contributed by atoms with van der Waals surface area (Å²) in [6, 6.07) is 5.87. The zero-order chi connectivity index (χ0) is 13.1. The van der Waals surface area contributed by atoms with Crippen molar-refractivity contribution in [2.45, 2.75) is 18.7 Å². The molecular formula is C13H16N2O2S. The number of nitrogens with zero attached hydrogens (tertiary/aromatic N) is 1. The second kappa shape index (κ2) is 5.44. The molecule has 5 heteroatoms. The molecule has 1 aliphatic rings. The lowest BCUT2D eigenvalue weighted by molar-refractivity contribution is -0.124. The maximum Gasteiger partial charge on any atom is 0.324 e. The average molecular weight is 264 g/mol. The molecule has 96 valence electrons. The van der Waals surface area contributed by atoms with Gasteiger partial charge in [0.2, 0.25) is 5.91 Å². The van der Waals surface area contributed by atoms with Gasteiger partial charge in [0, 0.05) is 18.0 Å². The summed E-state index contributed by atoms with van der Waals surface area (Å²) in [5, 5.41) is 2.62. The Bertz CT molecular complexity index is 488. The van der Waals surface area contributed by atoms with E-state index in [4.69, 9.17) is 0 Å². The maximum absolute atomic E-state index is 11.9. The van der Waals surface area contributed by atoms with Gasteiger partial charge in [-0.3, -0.25) is 9.69 Å². The van der Waals surface area contributed by atoms with Crippen molar-refractivity contribution in [2.75, 3.05) is 18.8 Å². The second-order valence-electron chi connectivity index (χ2n) is 4.33. The molecule has 1 N–H and O–H groups in total. The quantitative estimate of drug-likeness (QED) is 0.849. The molecule has 0 saturated carbocycles. The minimum Gasteiger partial charge on any atom is -0.336 e. The van der Waals surface area contributed by atoms with Crippen LogP contribution >= 0.6 is 11.8 Å². The first-order chi connectivity index (χ1) is 8.58. The van der Waals surface area contributed by atoms with E-state index in [0.29, 0.717) is 18.8 Å². The van der Waals surface area contributed by atoms with E-state index in [2.05, 4.69) is 11.4 Å². The van der Waals surface area contributed by atoms with E-state index in [1.807, 2.05) is 26.0 Å². The van der Waals surface area contributed by atoms with Gasteiger partial charge in [0.1, 0.15) is 0 Å². The molecule has 0 aromatic heterocycles. The van der Waals surface area contributed by atoms with E-state index in [1.54, 1.807) is 0 Å². The van der Waals surface area contributed by atoms with Crippen molar-refractivity contribution >= 4 is 23.7 Å². The number of hydrogen-bond acceptors (Lipinski definition) is 3. The Morgan fingerprint density at radius 3 is 2.83 bits per heavy atom. The van der Waals surface area contributed by atoms with Crippen molar-refractivity contribution in [3.63, 3.8) is 0 Å². The van der Waals surface area contributed by atoms with Crippen LogP contribution in [0.25, 0.3) is 0 Å². The van der Waals surface area contributed by atoms with Gasteiger partial charge in [0.15, 0.2) is 0 Å². The number of aryl methyl sites for hydroxylation is 2. The third-order valence-corrected chi connectivity index (χ3v) is 4.00. The molecule has 1 aromatic rings. The highest BCUT2D eigenvalue weighted by molar-refractivity contribution is 8.00. The first-order valence-corrected chi connectivity index (χ1v) is 6.85. The summed E-state index contributed by atoms with van der Waals surface area (Å²) in [6.07, 6.45) is 0. The average Bonchev–Trinajstić information content (AvgIpc) is 2.74. The van der Waals surface area contributed by atoms with Gasteiger partial charge in [-0.1, -0.05) is 17.7 Å².